The summed E-state index contributed by atoms with van der Waals surface area (Å²) in [6, 6.07) is 5.22. The second kappa shape index (κ2) is 5.09. The number of carbonyl (C=O) groups excluding carboxylic acids is 1. The van der Waals surface area contributed by atoms with Crippen LogP contribution < -0.4 is 5.32 Å². The molecule has 100 valence electrons. The molecular weight excluding hydrogens is 246 g/mol. The fourth-order valence-corrected chi connectivity index (χ4v) is 1.75. The first-order chi connectivity index (χ1) is 9.00. The van der Waals surface area contributed by atoms with Crippen LogP contribution in [0.1, 0.15) is 30.2 Å². The highest BCUT2D eigenvalue weighted by Gasteiger charge is 2.16. The molecule has 2 rings (SSSR count). The molecule has 0 aliphatic rings. The zero-order chi connectivity index (χ0) is 14.0. The van der Waals surface area contributed by atoms with Gasteiger partial charge < -0.3 is 14.8 Å². The van der Waals surface area contributed by atoms with Gasteiger partial charge in [-0.1, -0.05) is 19.9 Å². The average molecular weight is 261 g/mol. The van der Waals surface area contributed by atoms with Crippen LogP contribution in [0.2, 0.25) is 0 Å². The first kappa shape index (κ1) is 13.1. The molecule has 0 aliphatic carbocycles. The highest BCUT2D eigenvalue weighted by molar-refractivity contribution is 5.93. The number of fused-ring (bicyclic) bond motifs is 1. The van der Waals surface area contributed by atoms with Crippen molar-refractivity contribution in [1.29, 1.82) is 0 Å². The summed E-state index contributed by atoms with van der Waals surface area (Å²) in [6.07, 6.45) is 1.73. The standard InChI is InChI=1S/C13H15N3O3/c1-8(2)12(17)14-7-10-15-11(13(18)19)9-5-3-4-6-16(9)10/h3-6,8H,7H2,1-2H3,(H,14,17)(H,18,19). The fraction of sp³-hybridized carbons (Fsp3) is 0.308. The number of rotatable bonds is 4. The quantitative estimate of drug-likeness (QED) is 0.869. The smallest absolute Gasteiger partial charge is 0.356 e. The molecular formula is C13H15N3O3. The number of nitrogens with zero attached hydrogens (tertiary/aromatic N) is 2. The summed E-state index contributed by atoms with van der Waals surface area (Å²) >= 11 is 0. The number of hydrogen-bond acceptors (Lipinski definition) is 3. The molecule has 0 saturated heterocycles. The molecule has 2 N–H and O–H groups in total. The third kappa shape index (κ3) is 2.57. The molecule has 0 radical (unpaired) electrons. The molecule has 2 heterocycles. The Morgan fingerprint density at radius 3 is 2.79 bits per heavy atom. The maximum Gasteiger partial charge on any atom is 0.356 e. The summed E-state index contributed by atoms with van der Waals surface area (Å²) < 4.78 is 1.67. The molecule has 0 aromatic carbocycles. The maximum absolute atomic E-state index is 11.5. The molecule has 0 unspecified atom stereocenters. The van der Waals surface area contributed by atoms with Crippen LogP contribution in [0.5, 0.6) is 0 Å². The molecule has 2 aromatic heterocycles. The van der Waals surface area contributed by atoms with Crippen LogP contribution in [0.25, 0.3) is 5.52 Å². The van der Waals surface area contributed by atoms with Gasteiger partial charge in [-0.05, 0) is 12.1 Å². The molecule has 0 saturated carbocycles. The molecule has 6 heteroatoms. The van der Waals surface area contributed by atoms with E-state index in [0.29, 0.717) is 11.3 Å². The Kier molecular flexibility index (Phi) is 3.50. The van der Waals surface area contributed by atoms with E-state index >= 15 is 0 Å². The van der Waals surface area contributed by atoms with Gasteiger partial charge in [-0.25, -0.2) is 9.78 Å². The maximum atomic E-state index is 11.5. The first-order valence-corrected chi connectivity index (χ1v) is 5.97. The lowest BCUT2D eigenvalue weighted by atomic mass is 10.2. The first-order valence-electron chi connectivity index (χ1n) is 5.97. The Balaban J connectivity index is 2.33. The van der Waals surface area contributed by atoms with E-state index in [1.54, 1.807) is 42.6 Å². The number of aromatic nitrogens is 2. The van der Waals surface area contributed by atoms with Crippen molar-refractivity contribution >= 4 is 17.4 Å². The number of hydrogen-bond donors (Lipinski definition) is 2. The predicted molar refractivity (Wildman–Crippen MR) is 68.8 cm³/mol. The van der Waals surface area contributed by atoms with Crippen LogP contribution in [0.3, 0.4) is 0 Å². The average Bonchev–Trinajstić information content (AvgIpc) is 2.75. The number of carboxylic acid groups (broad SMARTS) is 1. The Hall–Kier alpha value is -2.37. The normalized spacial score (nSPS) is 10.9. The molecule has 1 amide bonds. The number of pyridine rings is 1. The van der Waals surface area contributed by atoms with Crippen LogP contribution in [-0.2, 0) is 11.3 Å². The van der Waals surface area contributed by atoms with Gasteiger partial charge in [-0.2, -0.15) is 0 Å². The number of amides is 1. The largest absolute Gasteiger partial charge is 0.476 e. The molecule has 0 atom stereocenters. The monoisotopic (exact) mass is 261 g/mol. The van der Waals surface area contributed by atoms with Gasteiger partial charge in [0, 0.05) is 12.1 Å². The van der Waals surface area contributed by atoms with Crippen molar-refractivity contribution in [2.45, 2.75) is 20.4 Å². The van der Waals surface area contributed by atoms with Gasteiger partial charge in [0.2, 0.25) is 5.91 Å². The van der Waals surface area contributed by atoms with Crippen LogP contribution >= 0.6 is 0 Å². The summed E-state index contributed by atoms with van der Waals surface area (Å²) in [5.74, 6) is -0.790. The lowest BCUT2D eigenvalue weighted by molar-refractivity contribution is -0.124. The molecule has 0 spiro atoms. The lowest BCUT2D eigenvalue weighted by Crippen LogP contribution is -2.28. The van der Waals surface area contributed by atoms with E-state index in [0.717, 1.165) is 0 Å². The van der Waals surface area contributed by atoms with E-state index in [2.05, 4.69) is 10.3 Å². The Bertz CT molecular complexity index is 631. The third-order valence-electron chi connectivity index (χ3n) is 2.77. The molecule has 0 aliphatic heterocycles. The van der Waals surface area contributed by atoms with E-state index in [4.69, 9.17) is 5.11 Å². The fourth-order valence-electron chi connectivity index (χ4n) is 1.75. The summed E-state index contributed by atoms with van der Waals surface area (Å²) in [5, 5.41) is 11.8. The number of carboxylic acids is 1. The van der Waals surface area contributed by atoms with Crippen molar-refractivity contribution in [3.05, 3.63) is 35.9 Å². The number of aromatic carboxylic acids is 1. The van der Waals surface area contributed by atoms with Crippen molar-refractivity contribution in [1.82, 2.24) is 14.7 Å². The molecule has 19 heavy (non-hydrogen) atoms. The minimum atomic E-state index is -1.08. The summed E-state index contributed by atoms with van der Waals surface area (Å²) in [5.41, 5.74) is 0.512. The topological polar surface area (TPSA) is 83.7 Å². The van der Waals surface area contributed by atoms with Gasteiger partial charge in [0.25, 0.3) is 0 Å². The Morgan fingerprint density at radius 1 is 1.42 bits per heavy atom. The van der Waals surface area contributed by atoms with Gasteiger partial charge >= 0.3 is 5.97 Å². The molecule has 0 fully saturated rings. The molecule has 6 nitrogen and oxygen atoms in total. The summed E-state index contributed by atoms with van der Waals surface area (Å²) in [7, 11) is 0. The van der Waals surface area contributed by atoms with Crippen LogP contribution in [0.4, 0.5) is 0 Å². The van der Waals surface area contributed by atoms with E-state index in [1.807, 2.05) is 0 Å². The van der Waals surface area contributed by atoms with E-state index in [9.17, 15) is 9.59 Å². The second-order valence-electron chi connectivity index (χ2n) is 4.51. The van der Waals surface area contributed by atoms with E-state index in [1.165, 1.54) is 0 Å². The van der Waals surface area contributed by atoms with Crippen molar-refractivity contribution < 1.29 is 14.7 Å². The molecule has 0 bridgehead atoms. The van der Waals surface area contributed by atoms with Crippen molar-refractivity contribution in [2.75, 3.05) is 0 Å². The summed E-state index contributed by atoms with van der Waals surface area (Å²) in [4.78, 5) is 26.7. The van der Waals surface area contributed by atoms with Crippen LogP contribution in [0.15, 0.2) is 24.4 Å². The van der Waals surface area contributed by atoms with Crippen molar-refractivity contribution in [2.24, 2.45) is 5.92 Å². The van der Waals surface area contributed by atoms with Gasteiger partial charge in [0.15, 0.2) is 5.69 Å². The third-order valence-corrected chi connectivity index (χ3v) is 2.77. The van der Waals surface area contributed by atoms with Crippen molar-refractivity contribution in [3.63, 3.8) is 0 Å². The van der Waals surface area contributed by atoms with Crippen LogP contribution in [0, 0.1) is 5.92 Å². The number of carbonyl (C=O) groups is 2. The minimum absolute atomic E-state index is 0.00519. The van der Waals surface area contributed by atoms with Gasteiger partial charge in [0.1, 0.15) is 5.82 Å². The van der Waals surface area contributed by atoms with Gasteiger partial charge in [-0.3, -0.25) is 4.79 Å². The SMILES string of the molecule is CC(C)C(=O)NCc1nc(C(=O)O)c2ccccn12. The zero-order valence-electron chi connectivity index (χ0n) is 10.8. The Labute approximate surface area is 110 Å². The van der Waals surface area contributed by atoms with Gasteiger partial charge in [0.05, 0.1) is 12.1 Å². The number of nitrogens with one attached hydrogen (secondary N) is 1. The highest BCUT2D eigenvalue weighted by Crippen LogP contribution is 2.13. The van der Waals surface area contributed by atoms with Crippen molar-refractivity contribution in [3.8, 4) is 0 Å². The van der Waals surface area contributed by atoms with Gasteiger partial charge in [-0.15, -0.1) is 0 Å². The number of imidazole rings is 1. The summed E-state index contributed by atoms with van der Waals surface area (Å²) in [6.45, 7) is 3.79. The molecule has 2 aromatic rings. The Morgan fingerprint density at radius 2 is 2.16 bits per heavy atom. The van der Waals surface area contributed by atoms with E-state index in [-0.39, 0.29) is 24.1 Å². The zero-order valence-corrected chi connectivity index (χ0v) is 10.8. The van der Waals surface area contributed by atoms with E-state index < -0.39 is 5.97 Å². The van der Waals surface area contributed by atoms with Crippen LogP contribution in [-0.4, -0.2) is 26.4 Å². The predicted octanol–water partition coefficient (Wildman–Crippen LogP) is 1.30. The second-order valence-corrected chi connectivity index (χ2v) is 4.51. The lowest BCUT2D eigenvalue weighted by Gasteiger charge is -2.06. The minimum Gasteiger partial charge on any atom is -0.476 e. The highest BCUT2D eigenvalue weighted by atomic mass is 16.4.